The Bertz CT molecular complexity index is 1050. The summed E-state index contributed by atoms with van der Waals surface area (Å²) in [6.45, 7) is 6.71. The minimum Gasteiger partial charge on any atom is -0.391 e. The topological polar surface area (TPSA) is 108 Å². The third-order valence-corrected chi connectivity index (χ3v) is 5.63. The Balaban J connectivity index is 1.68. The molecule has 3 rings (SSSR count). The molecule has 0 spiro atoms. The second-order valence-corrected chi connectivity index (χ2v) is 9.47. The summed E-state index contributed by atoms with van der Waals surface area (Å²) in [6, 6.07) is 11.1. The van der Waals surface area contributed by atoms with E-state index in [-0.39, 0.29) is 24.7 Å². The van der Waals surface area contributed by atoms with Gasteiger partial charge in [0.1, 0.15) is 17.9 Å². The van der Waals surface area contributed by atoms with Gasteiger partial charge in [-0.1, -0.05) is 51.1 Å². The van der Waals surface area contributed by atoms with Gasteiger partial charge in [-0.15, -0.1) is 0 Å². The number of hydrogen-bond acceptors (Lipinski definition) is 5. The second-order valence-electron chi connectivity index (χ2n) is 9.47. The molecule has 1 fully saturated rings. The standard InChI is InChI=1S/C25H30FN3O5/c1-15(30)27-22(25(2,3)4)24(33)29-14-17(31)13-21(29)23(32)28-34-18-11-9-16(10-12-18)19-7-5-6-8-20(19)26/h5-12,17,21-22,31H,13-14H2,1-4H3,(H,27,30)(H,28,32)/t17-,21+,22-/m1/s1. The van der Waals surface area contributed by atoms with Gasteiger partial charge in [-0.3, -0.25) is 14.4 Å². The molecule has 0 radical (unpaired) electrons. The van der Waals surface area contributed by atoms with Crippen LogP contribution in [0.1, 0.15) is 34.1 Å². The molecule has 1 saturated heterocycles. The minimum absolute atomic E-state index is 0.0274. The molecule has 8 nitrogen and oxygen atoms in total. The van der Waals surface area contributed by atoms with E-state index in [4.69, 9.17) is 4.84 Å². The number of amides is 3. The number of carbonyl (C=O) groups excluding carboxylic acids is 3. The van der Waals surface area contributed by atoms with Gasteiger partial charge in [0.05, 0.1) is 6.10 Å². The number of aliphatic hydroxyl groups is 1. The average Bonchev–Trinajstić information content (AvgIpc) is 3.17. The molecule has 0 aliphatic carbocycles. The van der Waals surface area contributed by atoms with Gasteiger partial charge in [-0.05, 0) is 29.2 Å². The maximum absolute atomic E-state index is 14.0. The molecule has 1 aliphatic heterocycles. The van der Waals surface area contributed by atoms with Gasteiger partial charge >= 0.3 is 0 Å². The summed E-state index contributed by atoms with van der Waals surface area (Å²) >= 11 is 0. The van der Waals surface area contributed by atoms with Crippen LogP contribution in [-0.4, -0.2) is 52.5 Å². The van der Waals surface area contributed by atoms with Crippen LogP contribution in [0.2, 0.25) is 0 Å². The lowest BCUT2D eigenvalue weighted by Gasteiger charge is -2.35. The first kappa shape index (κ1) is 25.2. The summed E-state index contributed by atoms with van der Waals surface area (Å²) in [7, 11) is 0. The maximum Gasteiger partial charge on any atom is 0.275 e. The smallest absolute Gasteiger partial charge is 0.275 e. The van der Waals surface area contributed by atoms with Crippen LogP contribution in [0.25, 0.3) is 11.1 Å². The van der Waals surface area contributed by atoms with Gasteiger partial charge in [0, 0.05) is 25.5 Å². The van der Waals surface area contributed by atoms with Gasteiger partial charge < -0.3 is 20.2 Å². The number of nitrogens with one attached hydrogen (secondary N) is 2. The van der Waals surface area contributed by atoms with Crippen LogP contribution in [0, 0.1) is 11.2 Å². The largest absolute Gasteiger partial charge is 0.391 e. The fourth-order valence-electron chi connectivity index (χ4n) is 3.90. The first-order valence-electron chi connectivity index (χ1n) is 11.0. The number of rotatable bonds is 6. The first-order valence-corrected chi connectivity index (χ1v) is 11.0. The fraction of sp³-hybridized carbons (Fsp3) is 0.400. The Kier molecular flexibility index (Phi) is 7.56. The van der Waals surface area contributed by atoms with Crippen molar-refractivity contribution >= 4 is 17.7 Å². The monoisotopic (exact) mass is 471 g/mol. The predicted octanol–water partition coefficient (Wildman–Crippen LogP) is 2.42. The zero-order chi connectivity index (χ0) is 25.0. The van der Waals surface area contributed by atoms with Crippen molar-refractivity contribution < 1.29 is 28.7 Å². The summed E-state index contributed by atoms with van der Waals surface area (Å²) < 4.78 is 14.0. The molecular weight excluding hydrogens is 441 g/mol. The van der Waals surface area contributed by atoms with Crippen molar-refractivity contribution in [2.75, 3.05) is 6.54 Å². The predicted molar refractivity (Wildman–Crippen MR) is 124 cm³/mol. The molecule has 0 aromatic heterocycles. The molecule has 2 aromatic rings. The number of hydroxylamine groups is 1. The highest BCUT2D eigenvalue weighted by molar-refractivity contribution is 5.92. The Labute approximate surface area is 198 Å². The van der Waals surface area contributed by atoms with Gasteiger partial charge in [-0.25, -0.2) is 4.39 Å². The van der Waals surface area contributed by atoms with Crippen molar-refractivity contribution in [3.05, 3.63) is 54.3 Å². The Hall–Kier alpha value is -3.46. The highest BCUT2D eigenvalue weighted by atomic mass is 19.1. The van der Waals surface area contributed by atoms with E-state index in [1.165, 1.54) is 17.9 Å². The summed E-state index contributed by atoms with van der Waals surface area (Å²) in [4.78, 5) is 44.3. The molecule has 3 atom stereocenters. The number of likely N-dealkylation sites (tertiary alicyclic amines) is 1. The first-order chi connectivity index (χ1) is 16.0. The zero-order valence-corrected chi connectivity index (χ0v) is 19.7. The summed E-state index contributed by atoms with van der Waals surface area (Å²) in [6.07, 6.45) is -0.831. The van der Waals surface area contributed by atoms with E-state index in [2.05, 4.69) is 10.8 Å². The third kappa shape index (κ3) is 5.91. The highest BCUT2D eigenvalue weighted by Gasteiger charge is 2.44. The lowest BCUT2D eigenvalue weighted by Crippen LogP contribution is -2.57. The van der Waals surface area contributed by atoms with Crippen LogP contribution < -0.4 is 15.6 Å². The van der Waals surface area contributed by atoms with E-state index >= 15 is 0 Å². The van der Waals surface area contributed by atoms with Gasteiger partial charge in [-0.2, -0.15) is 5.48 Å². The number of carbonyl (C=O) groups is 3. The molecule has 1 aliphatic rings. The quantitative estimate of drug-likeness (QED) is 0.561. The molecule has 34 heavy (non-hydrogen) atoms. The Morgan fingerprint density at radius 1 is 1.12 bits per heavy atom. The van der Waals surface area contributed by atoms with Crippen molar-refractivity contribution in [2.45, 2.75) is 52.3 Å². The molecule has 9 heteroatoms. The Morgan fingerprint density at radius 2 is 1.76 bits per heavy atom. The molecule has 3 N–H and O–H groups in total. The van der Waals surface area contributed by atoms with Crippen molar-refractivity contribution in [2.24, 2.45) is 5.41 Å². The van der Waals surface area contributed by atoms with E-state index in [0.717, 1.165) is 0 Å². The van der Waals surface area contributed by atoms with E-state index < -0.39 is 35.4 Å². The summed E-state index contributed by atoms with van der Waals surface area (Å²) in [5.74, 6) is -1.44. The van der Waals surface area contributed by atoms with Crippen LogP contribution in [0.4, 0.5) is 4.39 Å². The van der Waals surface area contributed by atoms with Crippen molar-refractivity contribution in [1.29, 1.82) is 0 Å². The summed E-state index contributed by atoms with van der Waals surface area (Å²) in [5.41, 5.74) is 2.82. The van der Waals surface area contributed by atoms with Gasteiger partial charge in [0.25, 0.3) is 5.91 Å². The van der Waals surface area contributed by atoms with Crippen molar-refractivity contribution in [1.82, 2.24) is 15.7 Å². The lowest BCUT2D eigenvalue weighted by atomic mass is 9.85. The normalized spacial score (nSPS) is 18.8. The number of benzene rings is 2. The average molecular weight is 472 g/mol. The van der Waals surface area contributed by atoms with Gasteiger partial charge in [0.2, 0.25) is 11.8 Å². The number of aliphatic hydroxyl groups excluding tert-OH is 1. The molecule has 3 amide bonds. The van der Waals surface area contributed by atoms with E-state index in [0.29, 0.717) is 16.9 Å². The maximum atomic E-state index is 14.0. The van der Waals surface area contributed by atoms with Gasteiger partial charge in [0.15, 0.2) is 5.75 Å². The third-order valence-electron chi connectivity index (χ3n) is 5.63. The SMILES string of the molecule is CC(=O)N[C@H](C(=O)N1C[C@H](O)C[C@H]1C(=O)NOc1ccc(-c2ccccc2F)cc1)C(C)(C)C. The van der Waals surface area contributed by atoms with E-state index in [9.17, 15) is 23.9 Å². The number of halogens is 1. The zero-order valence-electron chi connectivity index (χ0n) is 19.7. The van der Waals surface area contributed by atoms with Crippen LogP contribution in [0.15, 0.2) is 48.5 Å². The molecular formula is C25H30FN3O5. The fourth-order valence-corrected chi connectivity index (χ4v) is 3.90. The van der Waals surface area contributed by atoms with Crippen LogP contribution in [0.5, 0.6) is 5.75 Å². The number of hydrogen-bond donors (Lipinski definition) is 3. The number of β-amino-alcohol motifs (C(OH)–C–C–N with tert-alkyl or cyclic N) is 1. The van der Waals surface area contributed by atoms with Crippen molar-refractivity contribution in [3.8, 4) is 16.9 Å². The number of nitrogens with zero attached hydrogens (tertiary/aromatic N) is 1. The van der Waals surface area contributed by atoms with Crippen LogP contribution >= 0.6 is 0 Å². The molecule has 182 valence electrons. The molecule has 0 saturated carbocycles. The molecule has 1 heterocycles. The highest BCUT2D eigenvalue weighted by Crippen LogP contribution is 2.27. The molecule has 0 bridgehead atoms. The lowest BCUT2D eigenvalue weighted by molar-refractivity contribution is -0.145. The van der Waals surface area contributed by atoms with E-state index in [1.54, 1.807) is 63.2 Å². The van der Waals surface area contributed by atoms with Crippen molar-refractivity contribution in [3.63, 3.8) is 0 Å². The molecule has 0 unspecified atom stereocenters. The minimum atomic E-state index is -0.959. The van der Waals surface area contributed by atoms with Crippen LogP contribution in [0.3, 0.4) is 0 Å². The van der Waals surface area contributed by atoms with Crippen LogP contribution in [-0.2, 0) is 14.4 Å². The van der Waals surface area contributed by atoms with E-state index in [1.807, 2.05) is 0 Å². The Morgan fingerprint density at radius 3 is 2.35 bits per heavy atom. The molecule has 2 aromatic carbocycles. The summed E-state index contributed by atoms with van der Waals surface area (Å²) in [5, 5.41) is 12.8. The second kappa shape index (κ2) is 10.2.